The SMILES string of the molecule is O=C(NCCCCCCn1ccnc1)Nc1ccccc1. The predicted molar refractivity (Wildman–Crippen MR) is 84.2 cm³/mol. The summed E-state index contributed by atoms with van der Waals surface area (Å²) in [4.78, 5) is 15.6. The number of nitrogens with one attached hydrogen (secondary N) is 2. The first-order valence-electron chi connectivity index (χ1n) is 7.40. The van der Waals surface area contributed by atoms with Gasteiger partial charge in [-0.1, -0.05) is 31.0 Å². The monoisotopic (exact) mass is 286 g/mol. The van der Waals surface area contributed by atoms with E-state index in [2.05, 4.69) is 20.2 Å². The molecule has 2 rings (SSSR count). The molecule has 5 heteroatoms. The number of carbonyl (C=O) groups excluding carboxylic acids is 1. The quantitative estimate of drug-likeness (QED) is 0.732. The Balaban J connectivity index is 1.47. The van der Waals surface area contributed by atoms with Gasteiger partial charge in [0.15, 0.2) is 0 Å². The van der Waals surface area contributed by atoms with Crippen molar-refractivity contribution in [2.75, 3.05) is 11.9 Å². The number of aromatic nitrogens is 2. The number of imidazole rings is 1. The Morgan fingerprint density at radius 3 is 2.67 bits per heavy atom. The van der Waals surface area contributed by atoms with Gasteiger partial charge in [-0.05, 0) is 25.0 Å². The van der Waals surface area contributed by atoms with Crippen LogP contribution < -0.4 is 10.6 Å². The number of unbranched alkanes of at least 4 members (excludes halogenated alkanes) is 3. The van der Waals surface area contributed by atoms with Crippen LogP contribution in [0.3, 0.4) is 0 Å². The van der Waals surface area contributed by atoms with Gasteiger partial charge < -0.3 is 15.2 Å². The molecule has 0 spiro atoms. The van der Waals surface area contributed by atoms with Crippen LogP contribution in [0.1, 0.15) is 25.7 Å². The van der Waals surface area contributed by atoms with Gasteiger partial charge in [-0.3, -0.25) is 0 Å². The Labute approximate surface area is 125 Å². The first kappa shape index (κ1) is 15.1. The van der Waals surface area contributed by atoms with E-state index >= 15 is 0 Å². The number of nitrogens with zero attached hydrogens (tertiary/aromatic N) is 2. The van der Waals surface area contributed by atoms with Crippen molar-refractivity contribution >= 4 is 11.7 Å². The topological polar surface area (TPSA) is 59.0 Å². The van der Waals surface area contributed by atoms with E-state index in [0.29, 0.717) is 6.54 Å². The number of hydrogen-bond acceptors (Lipinski definition) is 2. The molecule has 0 bridgehead atoms. The minimum absolute atomic E-state index is 0.139. The molecule has 0 saturated heterocycles. The van der Waals surface area contributed by atoms with E-state index in [9.17, 15) is 4.79 Å². The van der Waals surface area contributed by atoms with E-state index in [4.69, 9.17) is 0 Å². The molecule has 2 amide bonds. The van der Waals surface area contributed by atoms with Crippen molar-refractivity contribution in [1.82, 2.24) is 14.9 Å². The van der Waals surface area contributed by atoms with E-state index in [1.165, 1.54) is 6.42 Å². The van der Waals surface area contributed by atoms with Crippen molar-refractivity contribution in [3.63, 3.8) is 0 Å². The Bertz CT molecular complexity index is 510. The second kappa shape index (κ2) is 8.79. The van der Waals surface area contributed by atoms with Crippen LogP contribution in [0.5, 0.6) is 0 Å². The summed E-state index contributed by atoms with van der Waals surface area (Å²) in [6.45, 7) is 1.73. The first-order chi connectivity index (χ1) is 10.3. The summed E-state index contributed by atoms with van der Waals surface area (Å²) in [6.07, 6.45) is 10.1. The molecule has 0 atom stereocenters. The Hall–Kier alpha value is -2.30. The number of amides is 2. The molecule has 0 aliphatic carbocycles. The summed E-state index contributed by atoms with van der Waals surface area (Å²) in [5.74, 6) is 0. The lowest BCUT2D eigenvalue weighted by molar-refractivity contribution is 0.252. The van der Waals surface area contributed by atoms with Gasteiger partial charge in [0.1, 0.15) is 0 Å². The average Bonchev–Trinajstić information content (AvgIpc) is 3.00. The third-order valence-electron chi connectivity index (χ3n) is 3.22. The summed E-state index contributed by atoms with van der Waals surface area (Å²) < 4.78 is 2.09. The van der Waals surface area contributed by atoms with Gasteiger partial charge >= 0.3 is 6.03 Å². The van der Waals surface area contributed by atoms with Crippen molar-refractivity contribution < 1.29 is 4.79 Å². The van der Waals surface area contributed by atoms with Crippen LogP contribution in [0.15, 0.2) is 49.1 Å². The van der Waals surface area contributed by atoms with Gasteiger partial charge in [0, 0.05) is 31.2 Å². The van der Waals surface area contributed by atoms with Crippen LogP contribution in [0.25, 0.3) is 0 Å². The highest BCUT2D eigenvalue weighted by atomic mass is 16.2. The minimum Gasteiger partial charge on any atom is -0.338 e. The van der Waals surface area contributed by atoms with Crippen LogP contribution in [-0.4, -0.2) is 22.1 Å². The fourth-order valence-corrected chi connectivity index (χ4v) is 2.09. The van der Waals surface area contributed by atoms with Gasteiger partial charge in [0.05, 0.1) is 6.33 Å². The zero-order valence-electron chi connectivity index (χ0n) is 12.2. The van der Waals surface area contributed by atoms with E-state index < -0.39 is 0 Å². The van der Waals surface area contributed by atoms with Crippen LogP contribution in [0, 0.1) is 0 Å². The van der Waals surface area contributed by atoms with Crippen molar-refractivity contribution in [2.45, 2.75) is 32.2 Å². The minimum atomic E-state index is -0.139. The molecule has 2 N–H and O–H groups in total. The summed E-state index contributed by atoms with van der Waals surface area (Å²) in [6, 6.07) is 9.32. The van der Waals surface area contributed by atoms with Gasteiger partial charge in [-0.25, -0.2) is 9.78 Å². The fourth-order valence-electron chi connectivity index (χ4n) is 2.09. The van der Waals surface area contributed by atoms with E-state index in [-0.39, 0.29) is 6.03 Å². The van der Waals surface area contributed by atoms with Crippen molar-refractivity contribution in [2.24, 2.45) is 0 Å². The van der Waals surface area contributed by atoms with Crippen LogP contribution in [0.4, 0.5) is 10.5 Å². The normalized spacial score (nSPS) is 10.3. The maximum atomic E-state index is 11.6. The van der Waals surface area contributed by atoms with E-state index in [1.54, 1.807) is 6.20 Å². The number of benzene rings is 1. The lowest BCUT2D eigenvalue weighted by Gasteiger charge is -2.07. The van der Waals surface area contributed by atoms with E-state index in [1.807, 2.05) is 42.9 Å². The molecule has 0 aliphatic heterocycles. The second-order valence-electron chi connectivity index (χ2n) is 4.96. The molecule has 112 valence electrons. The zero-order chi connectivity index (χ0) is 14.8. The van der Waals surface area contributed by atoms with Crippen molar-refractivity contribution in [3.05, 3.63) is 49.1 Å². The molecule has 0 radical (unpaired) electrons. The largest absolute Gasteiger partial charge is 0.338 e. The highest BCUT2D eigenvalue weighted by Crippen LogP contribution is 2.04. The number of rotatable bonds is 8. The van der Waals surface area contributed by atoms with Crippen molar-refractivity contribution in [3.8, 4) is 0 Å². The molecule has 1 aromatic carbocycles. The molecule has 0 unspecified atom stereocenters. The summed E-state index contributed by atoms with van der Waals surface area (Å²) >= 11 is 0. The summed E-state index contributed by atoms with van der Waals surface area (Å²) in [5, 5.41) is 5.67. The predicted octanol–water partition coefficient (Wildman–Crippen LogP) is 3.27. The van der Waals surface area contributed by atoms with Crippen LogP contribution >= 0.6 is 0 Å². The van der Waals surface area contributed by atoms with Gasteiger partial charge in [-0.2, -0.15) is 0 Å². The summed E-state index contributed by atoms with van der Waals surface area (Å²) in [5.41, 5.74) is 0.815. The second-order valence-corrected chi connectivity index (χ2v) is 4.96. The third-order valence-corrected chi connectivity index (χ3v) is 3.22. The molecule has 1 aromatic heterocycles. The molecule has 0 aliphatic rings. The molecular weight excluding hydrogens is 264 g/mol. The zero-order valence-corrected chi connectivity index (χ0v) is 12.2. The van der Waals surface area contributed by atoms with Gasteiger partial charge in [0.2, 0.25) is 0 Å². The Kier molecular flexibility index (Phi) is 6.32. The third kappa shape index (κ3) is 6.12. The molecule has 5 nitrogen and oxygen atoms in total. The number of aryl methyl sites for hydroxylation is 1. The highest BCUT2D eigenvalue weighted by molar-refractivity contribution is 5.89. The maximum absolute atomic E-state index is 11.6. The standard InChI is InChI=1S/C16H22N4O/c21-16(19-15-8-4-3-5-9-15)18-10-6-1-2-7-12-20-13-11-17-14-20/h3-5,8-9,11,13-14H,1-2,6-7,10,12H2,(H2,18,19,21). The van der Waals surface area contributed by atoms with Crippen LogP contribution in [0.2, 0.25) is 0 Å². The number of hydrogen-bond donors (Lipinski definition) is 2. The fraction of sp³-hybridized carbons (Fsp3) is 0.375. The highest BCUT2D eigenvalue weighted by Gasteiger charge is 1.99. The maximum Gasteiger partial charge on any atom is 0.319 e. The first-order valence-corrected chi connectivity index (χ1v) is 7.40. The van der Waals surface area contributed by atoms with Gasteiger partial charge in [-0.15, -0.1) is 0 Å². The molecule has 0 saturated carbocycles. The molecule has 1 heterocycles. The molecular formula is C16H22N4O. The molecule has 21 heavy (non-hydrogen) atoms. The number of anilines is 1. The van der Waals surface area contributed by atoms with Gasteiger partial charge in [0.25, 0.3) is 0 Å². The lowest BCUT2D eigenvalue weighted by Crippen LogP contribution is -2.29. The molecule has 0 fully saturated rings. The Morgan fingerprint density at radius 2 is 1.90 bits per heavy atom. The molecule has 2 aromatic rings. The Morgan fingerprint density at radius 1 is 1.10 bits per heavy atom. The smallest absolute Gasteiger partial charge is 0.319 e. The summed E-state index contributed by atoms with van der Waals surface area (Å²) in [7, 11) is 0. The average molecular weight is 286 g/mol. The van der Waals surface area contributed by atoms with Crippen LogP contribution in [-0.2, 0) is 6.54 Å². The number of urea groups is 1. The number of carbonyl (C=O) groups is 1. The van der Waals surface area contributed by atoms with Crippen molar-refractivity contribution in [1.29, 1.82) is 0 Å². The number of para-hydroxylation sites is 1. The van der Waals surface area contributed by atoms with E-state index in [0.717, 1.165) is 31.5 Å². The lowest BCUT2D eigenvalue weighted by atomic mass is 10.2.